The van der Waals surface area contributed by atoms with Crippen LogP contribution in [0.3, 0.4) is 0 Å². The number of benzene rings is 2. The third-order valence-electron chi connectivity index (χ3n) is 4.11. The molecule has 0 aromatic heterocycles. The normalized spacial score (nSPS) is 16.7. The molecule has 1 saturated heterocycles. The van der Waals surface area contributed by atoms with Gasteiger partial charge in [-0.3, -0.25) is 14.4 Å². The predicted octanol–water partition coefficient (Wildman–Crippen LogP) is 3.45. The van der Waals surface area contributed by atoms with Gasteiger partial charge < -0.3 is 5.32 Å². The lowest BCUT2D eigenvalue weighted by Gasteiger charge is -2.14. The van der Waals surface area contributed by atoms with Crippen molar-refractivity contribution in [2.24, 2.45) is 0 Å². The number of halogens is 1. The maximum Gasteiger partial charge on any atom is 0.247 e. The second-order valence-electron chi connectivity index (χ2n) is 6.47. The third-order valence-corrected chi connectivity index (χ3v) is 5.31. The smallest absolute Gasteiger partial charge is 0.247 e. The molecule has 1 N–H and O–H groups in total. The van der Waals surface area contributed by atoms with Crippen molar-refractivity contribution in [3.63, 3.8) is 0 Å². The van der Waals surface area contributed by atoms with Gasteiger partial charge in [0.15, 0.2) is 0 Å². The fourth-order valence-electron chi connectivity index (χ4n) is 3.02. The Morgan fingerprint density at radius 2 is 1.78 bits per heavy atom. The molecule has 2 aromatic rings. The monoisotopic (exact) mass is 386 g/mol. The highest BCUT2D eigenvalue weighted by Crippen LogP contribution is 2.29. The van der Waals surface area contributed by atoms with Crippen LogP contribution in [-0.4, -0.2) is 28.7 Å². The molecule has 2 aromatic carbocycles. The van der Waals surface area contributed by atoms with Gasteiger partial charge in [0.05, 0.1) is 16.7 Å². The number of hydrogen-bond donors (Lipinski definition) is 1. The molecular weight excluding hydrogens is 367 g/mol. The molecule has 27 heavy (non-hydrogen) atoms. The minimum atomic E-state index is -0.618. The highest BCUT2D eigenvalue weighted by Gasteiger charge is 2.40. The summed E-state index contributed by atoms with van der Waals surface area (Å²) in [6.07, 6.45) is 0.0255. The van der Waals surface area contributed by atoms with E-state index in [2.05, 4.69) is 5.32 Å². The van der Waals surface area contributed by atoms with Crippen LogP contribution in [0.5, 0.6) is 0 Å². The summed E-state index contributed by atoms with van der Waals surface area (Å²) in [6, 6.07) is 10.9. The van der Waals surface area contributed by atoms with Crippen molar-refractivity contribution < 1.29 is 18.8 Å². The van der Waals surface area contributed by atoms with Crippen LogP contribution in [0.25, 0.3) is 0 Å². The molecule has 0 aliphatic carbocycles. The zero-order valence-electron chi connectivity index (χ0n) is 15.0. The molecule has 0 unspecified atom stereocenters. The Balaban J connectivity index is 1.59. The van der Waals surface area contributed by atoms with E-state index in [1.165, 1.54) is 24.3 Å². The minimum Gasteiger partial charge on any atom is -0.325 e. The molecule has 1 aliphatic rings. The van der Waals surface area contributed by atoms with Crippen LogP contribution in [0, 0.1) is 19.7 Å². The van der Waals surface area contributed by atoms with Crippen LogP contribution in [0.2, 0.25) is 0 Å². The van der Waals surface area contributed by atoms with Gasteiger partial charge in [0.1, 0.15) is 5.82 Å². The Kier molecular flexibility index (Phi) is 5.60. The molecule has 5 nitrogen and oxygen atoms in total. The average molecular weight is 386 g/mol. The maximum absolute atomic E-state index is 13.0. The van der Waals surface area contributed by atoms with Gasteiger partial charge in [0.25, 0.3) is 0 Å². The van der Waals surface area contributed by atoms with E-state index in [0.717, 1.165) is 27.8 Å². The van der Waals surface area contributed by atoms with Gasteiger partial charge in [0.2, 0.25) is 17.7 Å². The second-order valence-corrected chi connectivity index (χ2v) is 7.66. The maximum atomic E-state index is 13.0. The quantitative estimate of drug-likeness (QED) is 0.800. The lowest BCUT2D eigenvalue weighted by molar-refractivity contribution is -0.121. The van der Waals surface area contributed by atoms with E-state index in [0.29, 0.717) is 11.4 Å². The number of rotatable bonds is 5. The van der Waals surface area contributed by atoms with Crippen LogP contribution >= 0.6 is 11.8 Å². The molecule has 1 aliphatic heterocycles. The molecule has 1 atom stereocenters. The first-order valence-corrected chi connectivity index (χ1v) is 9.50. The Morgan fingerprint density at radius 3 is 2.41 bits per heavy atom. The van der Waals surface area contributed by atoms with Crippen molar-refractivity contribution in [3.05, 3.63) is 59.4 Å². The number of aryl methyl sites for hydroxylation is 2. The lowest BCUT2D eigenvalue weighted by Crippen LogP contribution is -2.31. The van der Waals surface area contributed by atoms with Crippen LogP contribution < -0.4 is 10.2 Å². The van der Waals surface area contributed by atoms with Gasteiger partial charge in [0, 0.05) is 12.1 Å². The number of hydrogen-bond acceptors (Lipinski definition) is 4. The minimum absolute atomic E-state index is 0.0255. The molecule has 140 valence electrons. The van der Waals surface area contributed by atoms with Crippen molar-refractivity contribution in [3.8, 4) is 0 Å². The Hall–Kier alpha value is -2.67. The summed E-state index contributed by atoms with van der Waals surface area (Å²) >= 11 is 1.14. The molecule has 1 heterocycles. The van der Waals surface area contributed by atoms with Gasteiger partial charge in [-0.15, -0.1) is 11.8 Å². The standard InChI is InChI=1S/C20H19FN2O3S/c1-12-7-13(2)9-15(8-12)22-18(24)11-27-17-10-19(25)23(20(17)26)16-5-3-14(21)4-6-16/h3-9,17H,10-11H2,1-2H3,(H,22,24)/t17-/m1/s1. The summed E-state index contributed by atoms with van der Waals surface area (Å²) < 4.78 is 13.0. The summed E-state index contributed by atoms with van der Waals surface area (Å²) in [6.45, 7) is 3.90. The van der Waals surface area contributed by atoms with Crippen LogP contribution in [0.1, 0.15) is 17.5 Å². The summed E-state index contributed by atoms with van der Waals surface area (Å²) in [5, 5.41) is 2.19. The Morgan fingerprint density at radius 1 is 1.15 bits per heavy atom. The number of nitrogens with zero attached hydrogens (tertiary/aromatic N) is 1. The van der Waals surface area contributed by atoms with Crippen molar-refractivity contribution in [1.82, 2.24) is 0 Å². The Bertz CT molecular complexity index is 878. The van der Waals surface area contributed by atoms with Crippen molar-refractivity contribution >= 4 is 40.9 Å². The first-order valence-electron chi connectivity index (χ1n) is 8.45. The van der Waals surface area contributed by atoms with Crippen molar-refractivity contribution in [2.45, 2.75) is 25.5 Å². The van der Waals surface area contributed by atoms with Gasteiger partial charge in [-0.1, -0.05) is 6.07 Å². The predicted molar refractivity (Wildman–Crippen MR) is 104 cm³/mol. The number of carbonyl (C=O) groups is 3. The zero-order valence-corrected chi connectivity index (χ0v) is 15.8. The molecule has 0 saturated carbocycles. The van der Waals surface area contributed by atoms with E-state index < -0.39 is 11.1 Å². The largest absolute Gasteiger partial charge is 0.325 e. The molecular formula is C20H19FN2O3S. The number of imide groups is 1. The molecule has 3 rings (SSSR count). The highest BCUT2D eigenvalue weighted by atomic mass is 32.2. The average Bonchev–Trinajstić information content (AvgIpc) is 2.87. The van der Waals surface area contributed by atoms with Gasteiger partial charge in [-0.2, -0.15) is 0 Å². The zero-order chi connectivity index (χ0) is 19.6. The van der Waals surface area contributed by atoms with Gasteiger partial charge >= 0.3 is 0 Å². The molecule has 0 spiro atoms. The highest BCUT2D eigenvalue weighted by molar-refractivity contribution is 8.01. The van der Waals surface area contributed by atoms with Crippen LogP contribution in [0.4, 0.5) is 15.8 Å². The Labute approximate surface area is 160 Å². The number of thioether (sulfide) groups is 1. The molecule has 7 heteroatoms. The third kappa shape index (κ3) is 4.54. The van der Waals surface area contributed by atoms with Crippen LogP contribution in [0.15, 0.2) is 42.5 Å². The molecule has 1 fully saturated rings. The van der Waals surface area contributed by atoms with E-state index in [1.807, 2.05) is 32.0 Å². The van der Waals surface area contributed by atoms with Gasteiger partial charge in [-0.05, 0) is 61.4 Å². The number of amides is 3. The van der Waals surface area contributed by atoms with Crippen molar-refractivity contribution in [1.29, 1.82) is 0 Å². The van der Waals surface area contributed by atoms with E-state index >= 15 is 0 Å². The summed E-state index contributed by atoms with van der Waals surface area (Å²) in [5.41, 5.74) is 3.14. The lowest BCUT2D eigenvalue weighted by atomic mass is 10.1. The van der Waals surface area contributed by atoms with Crippen molar-refractivity contribution in [2.75, 3.05) is 16.0 Å². The molecule has 0 radical (unpaired) electrons. The van der Waals surface area contributed by atoms with E-state index in [1.54, 1.807) is 0 Å². The van der Waals surface area contributed by atoms with Gasteiger partial charge in [-0.25, -0.2) is 9.29 Å². The first-order chi connectivity index (χ1) is 12.8. The van der Waals surface area contributed by atoms with Crippen LogP contribution in [-0.2, 0) is 14.4 Å². The molecule has 0 bridgehead atoms. The topological polar surface area (TPSA) is 66.5 Å². The molecule has 3 amide bonds. The summed E-state index contributed by atoms with van der Waals surface area (Å²) in [5.74, 6) is -1.33. The SMILES string of the molecule is Cc1cc(C)cc(NC(=O)CS[C@@H]2CC(=O)N(c3ccc(F)cc3)C2=O)c1. The van der Waals surface area contributed by atoms with E-state index in [9.17, 15) is 18.8 Å². The second kappa shape index (κ2) is 7.92. The fraction of sp³-hybridized carbons (Fsp3) is 0.250. The summed E-state index contributed by atoms with van der Waals surface area (Å²) in [4.78, 5) is 37.9. The fourth-order valence-corrected chi connectivity index (χ4v) is 3.95. The number of carbonyl (C=O) groups excluding carboxylic acids is 3. The van der Waals surface area contributed by atoms with E-state index in [4.69, 9.17) is 0 Å². The first kappa shape index (κ1) is 19.1. The number of anilines is 2. The van der Waals surface area contributed by atoms with E-state index in [-0.39, 0.29) is 29.9 Å². The summed E-state index contributed by atoms with van der Waals surface area (Å²) in [7, 11) is 0. The number of nitrogens with one attached hydrogen (secondary N) is 1.